The van der Waals surface area contributed by atoms with Crippen LogP contribution in [0, 0.1) is 5.92 Å². The summed E-state index contributed by atoms with van der Waals surface area (Å²) in [6.07, 6.45) is 4.34. The quantitative estimate of drug-likeness (QED) is 0.806. The largest absolute Gasteiger partial charge is 0.480 e. The van der Waals surface area contributed by atoms with Crippen molar-refractivity contribution >= 4 is 12.0 Å². The number of carboxylic acid groups (broad SMARTS) is 1. The number of nitrogens with zero attached hydrogens (tertiary/aromatic N) is 1. The Balaban J connectivity index is 2.73. The van der Waals surface area contributed by atoms with E-state index in [4.69, 9.17) is 5.11 Å². The maximum absolute atomic E-state index is 12.3. The maximum atomic E-state index is 12.3. The molecule has 0 saturated heterocycles. The van der Waals surface area contributed by atoms with E-state index in [1.807, 2.05) is 4.90 Å². The molecule has 19 heavy (non-hydrogen) atoms. The maximum Gasteiger partial charge on any atom is 0.328 e. The summed E-state index contributed by atoms with van der Waals surface area (Å²) in [5.41, 5.74) is -1.23. The molecule has 1 rings (SSSR count). The van der Waals surface area contributed by atoms with Crippen LogP contribution in [0.1, 0.15) is 53.4 Å². The SMILES string of the molecule is CC(C)CN(C(=O)NC(C)(C)C(=O)O)C1CCCC1. The summed E-state index contributed by atoms with van der Waals surface area (Å²) in [4.78, 5) is 25.2. The van der Waals surface area contributed by atoms with Crippen LogP contribution in [0.3, 0.4) is 0 Å². The Kier molecular flexibility index (Phi) is 5.20. The topological polar surface area (TPSA) is 69.6 Å². The van der Waals surface area contributed by atoms with E-state index in [9.17, 15) is 9.59 Å². The first kappa shape index (κ1) is 15.8. The highest BCUT2D eigenvalue weighted by Gasteiger charge is 2.34. The smallest absolute Gasteiger partial charge is 0.328 e. The molecule has 2 amide bonds. The van der Waals surface area contributed by atoms with Gasteiger partial charge in [-0.05, 0) is 32.6 Å². The Morgan fingerprint density at radius 2 is 1.84 bits per heavy atom. The van der Waals surface area contributed by atoms with Crippen molar-refractivity contribution in [3.05, 3.63) is 0 Å². The van der Waals surface area contributed by atoms with Gasteiger partial charge in [0.2, 0.25) is 0 Å². The number of aliphatic carboxylic acids is 1. The summed E-state index contributed by atoms with van der Waals surface area (Å²) < 4.78 is 0. The van der Waals surface area contributed by atoms with Crippen molar-refractivity contribution < 1.29 is 14.7 Å². The van der Waals surface area contributed by atoms with E-state index in [1.165, 1.54) is 13.8 Å². The first-order valence-electron chi connectivity index (χ1n) is 7.06. The lowest BCUT2D eigenvalue weighted by atomic mass is 10.1. The molecular formula is C14H26N2O3. The Morgan fingerprint density at radius 3 is 2.26 bits per heavy atom. The number of urea groups is 1. The minimum absolute atomic E-state index is 0.256. The van der Waals surface area contributed by atoms with Gasteiger partial charge in [-0.2, -0.15) is 0 Å². The van der Waals surface area contributed by atoms with Crippen molar-refractivity contribution in [1.29, 1.82) is 0 Å². The zero-order valence-corrected chi connectivity index (χ0v) is 12.4. The lowest BCUT2D eigenvalue weighted by molar-refractivity contribution is -0.143. The van der Waals surface area contributed by atoms with E-state index in [2.05, 4.69) is 19.2 Å². The van der Waals surface area contributed by atoms with E-state index in [0.717, 1.165) is 25.7 Å². The summed E-state index contributed by atoms with van der Waals surface area (Å²) in [6, 6.07) is -0.00000472. The zero-order valence-electron chi connectivity index (χ0n) is 12.4. The third kappa shape index (κ3) is 4.40. The van der Waals surface area contributed by atoms with Gasteiger partial charge in [-0.1, -0.05) is 26.7 Å². The van der Waals surface area contributed by atoms with Gasteiger partial charge in [0.25, 0.3) is 0 Å². The Morgan fingerprint density at radius 1 is 1.32 bits per heavy atom. The lowest BCUT2D eigenvalue weighted by Gasteiger charge is -2.33. The Labute approximate surface area is 115 Å². The van der Waals surface area contributed by atoms with E-state index in [-0.39, 0.29) is 12.1 Å². The van der Waals surface area contributed by atoms with Crippen molar-refractivity contribution in [1.82, 2.24) is 10.2 Å². The molecule has 0 aromatic heterocycles. The number of hydrogen-bond donors (Lipinski definition) is 2. The van der Waals surface area contributed by atoms with E-state index in [1.54, 1.807) is 0 Å². The summed E-state index contributed by atoms with van der Waals surface area (Å²) in [6.45, 7) is 7.83. The normalized spacial score (nSPS) is 16.7. The molecule has 5 heteroatoms. The van der Waals surface area contributed by atoms with Crippen LogP contribution in [0.4, 0.5) is 4.79 Å². The lowest BCUT2D eigenvalue weighted by Crippen LogP contribution is -2.56. The molecule has 0 atom stereocenters. The van der Waals surface area contributed by atoms with Gasteiger partial charge in [0.05, 0.1) is 0 Å². The molecule has 2 N–H and O–H groups in total. The molecule has 0 aromatic carbocycles. The summed E-state index contributed by atoms with van der Waals surface area (Å²) in [5.74, 6) is -0.643. The highest BCUT2D eigenvalue weighted by molar-refractivity contribution is 5.85. The Bertz CT molecular complexity index is 334. The fourth-order valence-corrected chi connectivity index (χ4v) is 2.40. The van der Waals surface area contributed by atoms with Gasteiger partial charge in [-0.25, -0.2) is 9.59 Å². The Hall–Kier alpha value is -1.26. The minimum atomic E-state index is -1.23. The second kappa shape index (κ2) is 6.26. The summed E-state index contributed by atoms with van der Waals surface area (Å²) >= 11 is 0. The monoisotopic (exact) mass is 270 g/mol. The first-order valence-corrected chi connectivity index (χ1v) is 7.06. The summed E-state index contributed by atoms with van der Waals surface area (Å²) in [5, 5.41) is 11.7. The average Bonchev–Trinajstić information content (AvgIpc) is 2.77. The molecule has 0 radical (unpaired) electrons. The summed E-state index contributed by atoms with van der Waals surface area (Å²) in [7, 11) is 0. The molecule has 1 fully saturated rings. The molecule has 0 heterocycles. The highest BCUT2D eigenvalue weighted by atomic mass is 16.4. The molecule has 1 aliphatic carbocycles. The van der Waals surface area contributed by atoms with Crippen LogP contribution in [-0.4, -0.2) is 40.1 Å². The number of nitrogens with one attached hydrogen (secondary N) is 1. The van der Waals surface area contributed by atoms with Crippen molar-refractivity contribution in [2.24, 2.45) is 5.92 Å². The van der Waals surface area contributed by atoms with Gasteiger partial charge in [-0.15, -0.1) is 0 Å². The second-order valence-corrected chi connectivity index (χ2v) is 6.34. The predicted octanol–water partition coefficient (Wildman–Crippen LogP) is 2.46. The molecule has 0 spiro atoms. The van der Waals surface area contributed by atoms with Crippen LogP contribution < -0.4 is 5.32 Å². The van der Waals surface area contributed by atoms with Crippen LogP contribution >= 0.6 is 0 Å². The van der Waals surface area contributed by atoms with E-state index in [0.29, 0.717) is 12.5 Å². The number of hydrogen-bond acceptors (Lipinski definition) is 2. The first-order chi connectivity index (χ1) is 8.74. The number of rotatable bonds is 5. The van der Waals surface area contributed by atoms with Gasteiger partial charge in [-0.3, -0.25) is 0 Å². The van der Waals surface area contributed by atoms with Gasteiger partial charge in [0.15, 0.2) is 0 Å². The number of carbonyl (C=O) groups excluding carboxylic acids is 1. The van der Waals surface area contributed by atoms with Crippen LogP contribution in [0.15, 0.2) is 0 Å². The third-order valence-electron chi connectivity index (χ3n) is 3.54. The second-order valence-electron chi connectivity index (χ2n) is 6.34. The standard InChI is InChI=1S/C14H26N2O3/c1-10(2)9-16(11-7-5-6-8-11)13(19)15-14(3,4)12(17)18/h10-11H,5-9H2,1-4H3,(H,15,19)(H,17,18). The van der Waals surface area contributed by atoms with Crippen LogP contribution in [0.25, 0.3) is 0 Å². The van der Waals surface area contributed by atoms with Crippen molar-refractivity contribution in [3.8, 4) is 0 Å². The molecule has 5 nitrogen and oxygen atoms in total. The van der Waals surface area contributed by atoms with E-state index >= 15 is 0 Å². The van der Waals surface area contributed by atoms with Gasteiger partial charge < -0.3 is 15.3 Å². The van der Waals surface area contributed by atoms with Gasteiger partial charge in [0.1, 0.15) is 5.54 Å². The van der Waals surface area contributed by atoms with Crippen LogP contribution in [-0.2, 0) is 4.79 Å². The molecule has 0 unspecified atom stereocenters. The number of amides is 2. The molecule has 0 aliphatic heterocycles. The van der Waals surface area contributed by atoms with E-state index < -0.39 is 11.5 Å². The fourth-order valence-electron chi connectivity index (χ4n) is 2.40. The molecule has 1 aliphatic rings. The molecular weight excluding hydrogens is 244 g/mol. The van der Waals surface area contributed by atoms with Crippen molar-refractivity contribution in [2.75, 3.05) is 6.54 Å². The number of carboxylic acids is 1. The molecule has 110 valence electrons. The molecule has 1 saturated carbocycles. The van der Waals surface area contributed by atoms with Crippen molar-refractivity contribution in [2.45, 2.75) is 65.0 Å². The van der Waals surface area contributed by atoms with Crippen LogP contribution in [0.2, 0.25) is 0 Å². The fraction of sp³-hybridized carbons (Fsp3) is 0.857. The van der Waals surface area contributed by atoms with Crippen LogP contribution in [0.5, 0.6) is 0 Å². The van der Waals surface area contributed by atoms with Crippen molar-refractivity contribution in [3.63, 3.8) is 0 Å². The molecule has 0 bridgehead atoms. The predicted molar refractivity (Wildman–Crippen MR) is 74.0 cm³/mol. The molecule has 0 aromatic rings. The van der Waals surface area contributed by atoms with Gasteiger partial charge in [0, 0.05) is 12.6 Å². The third-order valence-corrected chi connectivity index (χ3v) is 3.54. The minimum Gasteiger partial charge on any atom is -0.480 e. The highest BCUT2D eigenvalue weighted by Crippen LogP contribution is 2.24. The number of carbonyl (C=O) groups is 2. The van der Waals surface area contributed by atoms with Gasteiger partial charge >= 0.3 is 12.0 Å². The average molecular weight is 270 g/mol. The zero-order chi connectivity index (χ0) is 14.6.